The van der Waals surface area contributed by atoms with E-state index in [0.717, 1.165) is 37.4 Å². The van der Waals surface area contributed by atoms with Crippen molar-refractivity contribution in [3.8, 4) is 0 Å². The second-order valence-corrected chi connectivity index (χ2v) is 5.07. The van der Waals surface area contributed by atoms with E-state index in [9.17, 15) is 0 Å². The SMILES string of the molecule is CCc1nc2ccccc2n1C1COCCC1NC. The van der Waals surface area contributed by atoms with Crippen molar-refractivity contribution >= 4 is 11.0 Å². The van der Waals surface area contributed by atoms with Gasteiger partial charge in [-0.2, -0.15) is 0 Å². The van der Waals surface area contributed by atoms with Gasteiger partial charge in [-0.25, -0.2) is 4.98 Å². The lowest BCUT2D eigenvalue weighted by atomic mass is 10.0. The molecule has 1 aromatic heterocycles. The molecule has 1 aliphatic rings. The smallest absolute Gasteiger partial charge is 0.109 e. The normalized spacial score (nSPS) is 23.9. The third kappa shape index (κ3) is 2.15. The molecule has 2 unspecified atom stereocenters. The number of para-hydroxylation sites is 2. The molecule has 0 spiro atoms. The van der Waals surface area contributed by atoms with E-state index in [1.54, 1.807) is 0 Å². The first-order valence-electron chi connectivity index (χ1n) is 7.06. The summed E-state index contributed by atoms with van der Waals surface area (Å²) in [7, 11) is 2.04. The minimum Gasteiger partial charge on any atom is -0.379 e. The molecule has 3 rings (SSSR count). The maximum absolute atomic E-state index is 5.70. The number of rotatable bonds is 3. The lowest BCUT2D eigenvalue weighted by Gasteiger charge is -2.33. The number of fused-ring (bicyclic) bond motifs is 1. The molecular formula is C15H21N3O. The largest absolute Gasteiger partial charge is 0.379 e. The van der Waals surface area contributed by atoms with Crippen LogP contribution in [0.5, 0.6) is 0 Å². The van der Waals surface area contributed by atoms with Crippen molar-refractivity contribution in [2.75, 3.05) is 20.3 Å². The lowest BCUT2D eigenvalue weighted by molar-refractivity contribution is 0.0395. The molecule has 1 aromatic carbocycles. The van der Waals surface area contributed by atoms with Crippen LogP contribution in [0.25, 0.3) is 11.0 Å². The van der Waals surface area contributed by atoms with Crippen LogP contribution in [0.15, 0.2) is 24.3 Å². The van der Waals surface area contributed by atoms with Gasteiger partial charge in [0.1, 0.15) is 5.82 Å². The fourth-order valence-corrected chi connectivity index (χ4v) is 3.03. The average molecular weight is 259 g/mol. The Morgan fingerprint density at radius 3 is 3.05 bits per heavy atom. The van der Waals surface area contributed by atoms with E-state index >= 15 is 0 Å². The molecule has 0 saturated carbocycles. The van der Waals surface area contributed by atoms with Gasteiger partial charge in [-0.05, 0) is 25.6 Å². The first kappa shape index (κ1) is 12.6. The number of imidazole rings is 1. The molecule has 1 saturated heterocycles. The molecule has 2 aromatic rings. The van der Waals surface area contributed by atoms with Crippen LogP contribution in [-0.4, -0.2) is 35.9 Å². The summed E-state index contributed by atoms with van der Waals surface area (Å²) in [6, 6.07) is 9.16. The molecule has 2 heterocycles. The number of aryl methyl sites for hydroxylation is 1. The van der Waals surface area contributed by atoms with E-state index in [0.29, 0.717) is 12.1 Å². The van der Waals surface area contributed by atoms with Gasteiger partial charge in [-0.15, -0.1) is 0 Å². The summed E-state index contributed by atoms with van der Waals surface area (Å²) in [5, 5.41) is 3.43. The zero-order valence-electron chi connectivity index (χ0n) is 11.6. The van der Waals surface area contributed by atoms with E-state index in [1.165, 1.54) is 5.52 Å². The van der Waals surface area contributed by atoms with Crippen LogP contribution < -0.4 is 5.32 Å². The Bertz CT molecular complexity index is 564. The second kappa shape index (κ2) is 5.31. The average Bonchev–Trinajstić information content (AvgIpc) is 2.85. The van der Waals surface area contributed by atoms with Crippen LogP contribution in [0.2, 0.25) is 0 Å². The Balaban J connectivity index is 2.11. The van der Waals surface area contributed by atoms with Gasteiger partial charge >= 0.3 is 0 Å². The molecule has 0 aliphatic carbocycles. The number of hydrogen-bond donors (Lipinski definition) is 1. The molecular weight excluding hydrogens is 238 g/mol. The van der Waals surface area contributed by atoms with Crippen molar-refractivity contribution in [3.05, 3.63) is 30.1 Å². The third-order valence-corrected chi connectivity index (χ3v) is 4.01. The van der Waals surface area contributed by atoms with Gasteiger partial charge in [0.05, 0.1) is 23.7 Å². The van der Waals surface area contributed by atoms with Crippen LogP contribution in [0, 0.1) is 0 Å². The number of nitrogens with one attached hydrogen (secondary N) is 1. The van der Waals surface area contributed by atoms with Crippen molar-refractivity contribution in [2.45, 2.75) is 31.8 Å². The van der Waals surface area contributed by atoms with Gasteiger partial charge in [0.25, 0.3) is 0 Å². The molecule has 0 amide bonds. The Labute approximate surface area is 113 Å². The second-order valence-electron chi connectivity index (χ2n) is 5.07. The van der Waals surface area contributed by atoms with Gasteiger partial charge in [0.15, 0.2) is 0 Å². The number of nitrogens with zero attached hydrogens (tertiary/aromatic N) is 2. The number of hydrogen-bond acceptors (Lipinski definition) is 3. The lowest BCUT2D eigenvalue weighted by Crippen LogP contribution is -2.42. The van der Waals surface area contributed by atoms with Gasteiger partial charge in [-0.1, -0.05) is 19.1 Å². The van der Waals surface area contributed by atoms with Crippen LogP contribution >= 0.6 is 0 Å². The Morgan fingerprint density at radius 1 is 1.42 bits per heavy atom. The zero-order chi connectivity index (χ0) is 13.2. The summed E-state index contributed by atoms with van der Waals surface area (Å²) in [5.74, 6) is 1.15. The first-order chi connectivity index (χ1) is 9.35. The predicted molar refractivity (Wildman–Crippen MR) is 76.4 cm³/mol. The molecule has 1 fully saturated rings. The molecule has 2 atom stereocenters. The summed E-state index contributed by atoms with van der Waals surface area (Å²) in [6.45, 7) is 3.77. The summed E-state index contributed by atoms with van der Waals surface area (Å²) >= 11 is 0. The van der Waals surface area contributed by atoms with Crippen molar-refractivity contribution in [2.24, 2.45) is 0 Å². The Morgan fingerprint density at radius 2 is 2.26 bits per heavy atom. The highest BCUT2D eigenvalue weighted by Crippen LogP contribution is 2.27. The molecule has 4 nitrogen and oxygen atoms in total. The van der Waals surface area contributed by atoms with Crippen LogP contribution in [0.4, 0.5) is 0 Å². The topological polar surface area (TPSA) is 39.1 Å². The molecule has 0 bridgehead atoms. The Hall–Kier alpha value is -1.39. The zero-order valence-corrected chi connectivity index (χ0v) is 11.6. The van der Waals surface area contributed by atoms with E-state index in [2.05, 4.69) is 35.0 Å². The monoisotopic (exact) mass is 259 g/mol. The molecule has 19 heavy (non-hydrogen) atoms. The standard InChI is InChI=1S/C15H21N3O/c1-3-15-17-12-6-4-5-7-13(12)18(15)14-10-19-9-8-11(14)16-2/h4-7,11,14,16H,3,8-10H2,1-2H3. The number of benzene rings is 1. The van der Waals surface area contributed by atoms with Crippen LogP contribution in [0.3, 0.4) is 0 Å². The summed E-state index contributed by atoms with van der Waals surface area (Å²) in [4.78, 5) is 4.75. The summed E-state index contributed by atoms with van der Waals surface area (Å²) < 4.78 is 8.07. The predicted octanol–water partition coefficient (Wildman–Crippen LogP) is 2.15. The minimum absolute atomic E-state index is 0.334. The van der Waals surface area contributed by atoms with Crippen molar-refractivity contribution in [1.82, 2.24) is 14.9 Å². The number of aromatic nitrogens is 2. The maximum Gasteiger partial charge on any atom is 0.109 e. The van der Waals surface area contributed by atoms with Crippen molar-refractivity contribution < 1.29 is 4.74 Å². The number of ether oxygens (including phenoxy) is 1. The van der Waals surface area contributed by atoms with E-state index < -0.39 is 0 Å². The van der Waals surface area contributed by atoms with Gasteiger partial charge < -0.3 is 14.6 Å². The Kier molecular flexibility index (Phi) is 3.53. The highest BCUT2D eigenvalue weighted by Gasteiger charge is 2.28. The maximum atomic E-state index is 5.70. The molecule has 1 N–H and O–H groups in total. The van der Waals surface area contributed by atoms with E-state index in [-0.39, 0.29) is 0 Å². The van der Waals surface area contributed by atoms with Crippen LogP contribution in [0.1, 0.15) is 25.2 Å². The fourth-order valence-electron chi connectivity index (χ4n) is 3.03. The van der Waals surface area contributed by atoms with Gasteiger partial charge in [-0.3, -0.25) is 0 Å². The summed E-state index contributed by atoms with van der Waals surface area (Å²) in [6.07, 6.45) is 2.00. The quantitative estimate of drug-likeness (QED) is 0.918. The van der Waals surface area contributed by atoms with E-state index in [1.807, 2.05) is 13.1 Å². The first-order valence-corrected chi connectivity index (χ1v) is 7.06. The molecule has 102 valence electrons. The van der Waals surface area contributed by atoms with Crippen molar-refractivity contribution in [3.63, 3.8) is 0 Å². The molecule has 1 aliphatic heterocycles. The highest BCUT2D eigenvalue weighted by molar-refractivity contribution is 5.76. The van der Waals surface area contributed by atoms with Crippen LogP contribution in [-0.2, 0) is 11.2 Å². The highest BCUT2D eigenvalue weighted by atomic mass is 16.5. The van der Waals surface area contributed by atoms with Gasteiger partial charge in [0, 0.05) is 19.1 Å². The number of likely N-dealkylation sites (N-methyl/N-ethyl adjacent to an activating group) is 1. The van der Waals surface area contributed by atoms with Crippen molar-refractivity contribution in [1.29, 1.82) is 0 Å². The summed E-state index contributed by atoms with van der Waals surface area (Å²) in [5.41, 5.74) is 2.30. The molecule has 4 heteroatoms. The fraction of sp³-hybridized carbons (Fsp3) is 0.533. The minimum atomic E-state index is 0.334. The third-order valence-electron chi connectivity index (χ3n) is 4.01. The van der Waals surface area contributed by atoms with Gasteiger partial charge in [0.2, 0.25) is 0 Å². The van der Waals surface area contributed by atoms with E-state index in [4.69, 9.17) is 9.72 Å². The molecule has 0 radical (unpaired) electrons.